The molecule has 1 aliphatic rings. The Morgan fingerprint density at radius 1 is 1.20 bits per heavy atom. The van der Waals surface area contributed by atoms with Crippen LogP contribution in [0.4, 0.5) is 5.82 Å². The number of aromatic nitrogens is 2. The molecule has 0 spiro atoms. The lowest BCUT2D eigenvalue weighted by Gasteiger charge is -2.15. The van der Waals surface area contributed by atoms with Crippen molar-refractivity contribution in [2.24, 2.45) is 0 Å². The van der Waals surface area contributed by atoms with Crippen molar-refractivity contribution in [1.82, 2.24) is 15.3 Å². The fourth-order valence-electron chi connectivity index (χ4n) is 2.47. The summed E-state index contributed by atoms with van der Waals surface area (Å²) in [7, 11) is 0. The number of hydrogen-bond donors (Lipinski definition) is 2. The van der Waals surface area contributed by atoms with Crippen molar-refractivity contribution < 1.29 is 4.79 Å². The minimum absolute atomic E-state index is 0.105. The van der Waals surface area contributed by atoms with E-state index in [9.17, 15) is 4.79 Å². The molecule has 0 bridgehead atoms. The van der Waals surface area contributed by atoms with Crippen LogP contribution in [0.25, 0.3) is 0 Å². The molecule has 1 heterocycles. The number of carbonyl (C=O) groups is 1. The van der Waals surface area contributed by atoms with E-state index in [-0.39, 0.29) is 5.91 Å². The molecule has 5 heteroatoms. The number of rotatable bonds is 5. The first kappa shape index (κ1) is 14.8. The molecule has 1 aromatic heterocycles. The summed E-state index contributed by atoms with van der Waals surface area (Å²) < 4.78 is 0. The van der Waals surface area contributed by atoms with Crippen LogP contribution in [-0.4, -0.2) is 28.5 Å². The summed E-state index contributed by atoms with van der Waals surface area (Å²) in [4.78, 5) is 20.5. The van der Waals surface area contributed by atoms with Gasteiger partial charge in [-0.05, 0) is 19.3 Å². The van der Waals surface area contributed by atoms with Crippen molar-refractivity contribution in [3.05, 3.63) is 18.1 Å². The molecule has 0 atom stereocenters. The summed E-state index contributed by atoms with van der Waals surface area (Å²) in [5.74, 6) is 0.615. The largest absolute Gasteiger partial charge is 0.369 e. The Morgan fingerprint density at radius 3 is 2.55 bits per heavy atom. The normalized spacial score (nSPS) is 16.4. The maximum absolute atomic E-state index is 12.1. The van der Waals surface area contributed by atoms with Gasteiger partial charge in [0, 0.05) is 12.6 Å². The Balaban J connectivity index is 1.88. The summed E-state index contributed by atoms with van der Waals surface area (Å²) >= 11 is 0. The molecule has 0 aromatic carbocycles. The van der Waals surface area contributed by atoms with Crippen LogP contribution in [-0.2, 0) is 0 Å². The zero-order chi connectivity index (χ0) is 14.2. The van der Waals surface area contributed by atoms with Crippen LogP contribution in [0.15, 0.2) is 12.4 Å². The Bertz CT molecular complexity index is 410. The van der Waals surface area contributed by atoms with Crippen LogP contribution in [0.3, 0.4) is 0 Å². The Kier molecular flexibility index (Phi) is 5.77. The van der Waals surface area contributed by atoms with Crippen LogP contribution in [0.1, 0.15) is 62.4 Å². The van der Waals surface area contributed by atoms with Crippen molar-refractivity contribution in [3.63, 3.8) is 0 Å². The summed E-state index contributed by atoms with van der Waals surface area (Å²) in [5.41, 5.74) is 0.399. The average Bonchev–Trinajstić information content (AvgIpc) is 2.74. The number of anilines is 1. The second-order valence-electron chi connectivity index (χ2n) is 5.38. The van der Waals surface area contributed by atoms with Gasteiger partial charge in [0.1, 0.15) is 11.5 Å². The van der Waals surface area contributed by atoms with E-state index in [1.165, 1.54) is 25.7 Å². The maximum Gasteiger partial charge on any atom is 0.271 e. The molecule has 1 amide bonds. The standard InChI is InChI=1S/C15H24N4O/c1-2-9-16-14-11-17-13(10-18-14)15(20)19-12-7-5-3-4-6-8-12/h10-12H,2-9H2,1H3,(H,16,18)(H,19,20). The van der Waals surface area contributed by atoms with Crippen LogP contribution in [0.2, 0.25) is 0 Å². The highest BCUT2D eigenvalue weighted by atomic mass is 16.1. The van der Waals surface area contributed by atoms with E-state index in [1.54, 1.807) is 12.4 Å². The zero-order valence-electron chi connectivity index (χ0n) is 12.2. The molecular formula is C15H24N4O. The second-order valence-corrected chi connectivity index (χ2v) is 5.38. The van der Waals surface area contributed by atoms with Crippen molar-refractivity contribution in [1.29, 1.82) is 0 Å². The van der Waals surface area contributed by atoms with Crippen molar-refractivity contribution in [2.75, 3.05) is 11.9 Å². The lowest BCUT2D eigenvalue weighted by Crippen LogP contribution is -2.34. The molecule has 0 aliphatic heterocycles. The van der Waals surface area contributed by atoms with Crippen molar-refractivity contribution in [2.45, 2.75) is 57.9 Å². The van der Waals surface area contributed by atoms with Gasteiger partial charge in [0.15, 0.2) is 0 Å². The van der Waals surface area contributed by atoms with Crippen LogP contribution >= 0.6 is 0 Å². The van der Waals surface area contributed by atoms with Gasteiger partial charge in [-0.25, -0.2) is 9.97 Å². The first-order valence-electron chi connectivity index (χ1n) is 7.66. The monoisotopic (exact) mass is 276 g/mol. The van der Waals surface area contributed by atoms with Crippen LogP contribution in [0.5, 0.6) is 0 Å². The van der Waals surface area contributed by atoms with E-state index in [0.717, 1.165) is 31.6 Å². The summed E-state index contributed by atoms with van der Waals surface area (Å²) in [5, 5.41) is 6.22. The Hall–Kier alpha value is -1.65. The molecule has 0 unspecified atom stereocenters. The average molecular weight is 276 g/mol. The lowest BCUT2D eigenvalue weighted by molar-refractivity contribution is 0.0928. The summed E-state index contributed by atoms with van der Waals surface area (Å²) in [6.45, 7) is 2.96. The molecule has 5 nitrogen and oxygen atoms in total. The molecule has 1 aromatic rings. The number of nitrogens with zero attached hydrogens (tertiary/aromatic N) is 2. The van der Waals surface area contributed by atoms with E-state index in [1.807, 2.05) is 0 Å². The van der Waals surface area contributed by atoms with Gasteiger partial charge >= 0.3 is 0 Å². The van der Waals surface area contributed by atoms with E-state index in [2.05, 4.69) is 27.5 Å². The molecule has 110 valence electrons. The third kappa shape index (κ3) is 4.47. The highest BCUT2D eigenvalue weighted by Crippen LogP contribution is 2.17. The third-order valence-corrected chi connectivity index (χ3v) is 3.63. The second kappa shape index (κ2) is 7.82. The van der Waals surface area contributed by atoms with E-state index in [0.29, 0.717) is 11.7 Å². The van der Waals surface area contributed by atoms with Crippen LogP contribution < -0.4 is 10.6 Å². The molecule has 20 heavy (non-hydrogen) atoms. The molecule has 0 radical (unpaired) electrons. The predicted molar refractivity (Wildman–Crippen MR) is 79.8 cm³/mol. The van der Waals surface area contributed by atoms with Gasteiger partial charge in [0.05, 0.1) is 12.4 Å². The first-order valence-corrected chi connectivity index (χ1v) is 7.66. The first-order chi connectivity index (χ1) is 9.79. The minimum atomic E-state index is -0.105. The number of hydrogen-bond acceptors (Lipinski definition) is 4. The summed E-state index contributed by atoms with van der Waals surface area (Å²) in [6.07, 6.45) is 11.3. The molecule has 1 aliphatic carbocycles. The Morgan fingerprint density at radius 2 is 1.95 bits per heavy atom. The van der Waals surface area contributed by atoms with Gasteiger partial charge in [0.2, 0.25) is 0 Å². The molecule has 1 saturated carbocycles. The smallest absolute Gasteiger partial charge is 0.271 e. The predicted octanol–water partition coefficient (Wildman–Crippen LogP) is 2.75. The SMILES string of the molecule is CCCNc1cnc(C(=O)NC2CCCCCC2)cn1. The van der Waals surface area contributed by atoms with E-state index < -0.39 is 0 Å². The van der Waals surface area contributed by atoms with Crippen LogP contribution in [0, 0.1) is 0 Å². The summed E-state index contributed by atoms with van der Waals surface area (Å²) in [6, 6.07) is 0.296. The van der Waals surface area contributed by atoms with Crippen molar-refractivity contribution in [3.8, 4) is 0 Å². The van der Waals surface area contributed by atoms with Gasteiger partial charge in [0.25, 0.3) is 5.91 Å². The van der Waals surface area contributed by atoms with E-state index in [4.69, 9.17) is 0 Å². The van der Waals surface area contributed by atoms with Gasteiger partial charge in [-0.2, -0.15) is 0 Å². The lowest BCUT2D eigenvalue weighted by atomic mass is 10.1. The topological polar surface area (TPSA) is 66.9 Å². The number of amides is 1. The molecule has 2 N–H and O–H groups in total. The highest BCUT2D eigenvalue weighted by molar-refractivity contribution is 5.92. The quantitative estimate of drug-likeness (QED) is 0.811. The molecule has 0 saturated heterocycles. The fourth-order valence-corrected chi connectivity index (χ4v) is 2.47. The minimum Gasteiger partial charge on any atom is -0.369 e. The van der Waals surface area contributed by atoms with E-state index >= 15 is 0 Å². The van der Waals surface area contributed by atoms with Gasteiger partial charge in [-0.15, -0.1) is 0 Å². The maximum atomic E-state index is 12.1. The molecule has 1 fully saturated rings. The number of carbonyl (C=O) groups excluding carboxylic acids is 1. The van der Waals surface area contributed by atoms with Gasteiger partial charge in [-0.3, -0.25) is 4.79 Å². The van der Waals surface area contributed by atoms with Gasteiger partial charge in [-0.1, -0.05) is 32.6 Å². The van der Waals surface area contributed by atoms with Crippen molar-refractivity contribution >= 4 is 11.7 Å². The number of nitrogens with one attached hydrogen (secondary N) is 2. The molecule has 2 rings (SSSR count). The molecular weight excluding hydrogens is 252 g/mol. The van der Waals surface area contributed by atoms with Gasteiger partial charge < -0.3 is 10.6 Å². The zero-order valence-corrected chi connectivity index (χ0v) is 12.2. The highest BCUT2D eigenvalue weighted by Gasteiger charge is 2.16. The third-order valence-electron chi connectivity index (χ3n) is 3.63. The Labute approximate surface area is 120 Å². The fraction of sp³-hybridized carbons (Fsp3) is 0.667.